The summed E-state index contributed by atoms with van der Waals surface area (Å²) in [6, 6.07) is 0. The van der Waals surface area contributed by atoms with Crippen LogP contribution in [0, 0.1) is 0 Å². The van der Waals surface area contributed by atoms with E-state index in [1.165, 1.54) is 0 Å². The van der Waals surface area contributed by atoms with Crippen molar-refractivity contribution in [1.82, 2.24) is 15.2 Å². The maximum atomic E-state index is 12.1. The van der Waals surface area contributed by atoms with Crippen molar-refractivity contribution in [2.75, 3.05) is 25.1 Å². The molecule has 0 saturated carbocycles. The number of rotatable bonds is 4. The minimum atomic E-state index is -0.684. The van der Waals surface area contributed by atoms with Gasteiger partial charge < -0.3 is 14.2 Å². The fraction of sp³-hybridized carbons (Fsp3) is 0.688. The lowest BCUT2D eigenvalue weighted by atomic mass is 9.95. The first-order valence-electron chi connectivity index (χ1n) is 8.29. The summed E-state index contributed by atoms with van der Waals surface area (Å²) in [6.07, 6.45) is 0.727. The first-order valence-corrected chi connectivity index (χ1v) is 8.29. The van der Waals surface area contributed by atoms with Gasteiger partial charge in [0.25, 0.3) is 5.95 Å². The van der Waals surface area contributed by atoms with Crippen molar-refractivity contribution < 1.29 is 23.8 Å². The number of anilines is 1. The van der Waals surface area contributed by atoms with Crippen LogP contribution in [0.25, 0.3) is 0 Å². The quantitative estimate of drug-likeness (QED) is 0.821. The number of nitrogens with one attached hydrogen (secondary N) is 1. The average Bonchev–Trinajstić information content (AvgIpc) is 2.54. The highest BCUT2D eigenvalue weighted by atomic mass is 16.6. The normalized spacial score (nSPS) is 15.5. The van der Waals surface area contributed by atoms with E-state index < -0.39 is 17.7 Å². The van der Waals surface area contributed by atoms with Crippen LogP contribution in [0.5, 0.6) is 0 Å². The Hall–Kier alpha value is -2.29. The molecule has 1 aromatic rings. The van der Waals surface area contributed by atoms with Gasteiger partial charge in [0.1, 0.15) is 5.60 Å². The number of carbonyl (C=O) groups is 2. The molecule has 1 N–H and O–H groups in total. The summed E-state index contributed by atoms with van der Waals surface area (Å²) in [4.78, 5) is 28.3. The summed E-state index contributed by atoms with van der Waals surface area (Å²) < 4.78 is 15.5. The molecule has 1 fully saturated rings. The predicted octanol–water partition coefficient (Wildman–Crippen LogP) is 2.29. The van der Waals surface area contributed by atoms with Crippen molar-refractivity contribution in [3.8, 4) is 0 Å². The second-order valence-corrected chi connectivity index (χ2v) is 6.60. The molecule has 0 radical (unpaired) electrons. The van der Waals surface area contributed by atoms with Crippen LogP contribution >= 0.6 is 0 Å². The van der Waals surface area contributed by atoms with Gasteiger partial charge in [-0.25, -0.2) is 14.6 Å². The molecule has 138 valence electrons. The smallest absolute Gasteiger partial charge is 0.414 e. The van der Waals surface area contributed by atoms with Crippen LogP contribution in [0.2, 0.25) is 0 Å². The van der Waals surface area contributed by atoms with Crippen LogP contribution < -0.4 is 5.32 Å². The summed E-state index contributed by atoms with van der Waals surface area (Å²) >= 11 is 0. The van der Waals surface area contributed by atoms with Crippen LogP contribution in [-0.2, 0) is 14.2 Å². The number of carbonyl (C=O) groups excluding carboxylic acids is 2. The molecule has 1 amide bonds. The number of nitrogens with zero attached hydrogens (tertiary/aromatic N) is 3. The molecule has 9 nitrogen and oxygen atoms in total. The van der Waals surface area contributed by atoms with Crippen molar-refractivity contribution in [2.24, 2.45) is 0 Å². The van der Waals surface area contributed by atoms with E-state index in [-0.39, 0.29) is 24.2 Å². The van der Waals surface area contributed by atoms with Crippen LogP contribution in [0.15, 0.2) is 0 Å². The van der Waals surface area contributed by atoms with E-state index in [1.54, 1.807) is 27.7 Å². The summed E-state index contributed by atoms with van der Waals surface area (Å²) in [5.41, 5.74) is -0.113. The monoisotopic (exact) mass is 352 g/mol. The van der Waals surface area contributed by atoms with Gasteiger partial charge in [-0.3, -0.25) is 5.32 Å². The first kappa shape index (κ1) is 19.0. The molecule has 1 aliphatic rings. The highest BCUT2D eigenvalue weighted by molar-refractivity contribution is 5.89. The number of aromatic nitrogens is 3. The van der Waals surface area contributed by atoms with E-state index in [0.29, 0.717) is 31.7 Å². The fourth-order valence-electron chi connectivity index (χ4n) is 2.39. The molecular weight excluding hydrogens is 328 g/mol. The molecule has 2 rings (SSSR count). The third-order valence-electron chi connectivity index (χ3n) is 3.40. The zero-order valence-electron chi connectivity index (χ0n) is 15.0. The van der Waals surface area contributed by atoms with Crippen molar-refractivity contribution in [2.45, 2.75) is 52.1 Å². The van der Waals surface area contributed by atoms with Crippen molar-refractivity contribution in [3.05, 3.63) is 11.4 Å². The standard InChI is InChI=1S/C16H24N4O5/c1-5-24-13(21)12-11(10-6-8-23-9-7-10)17-14(20-19-12)18-15(22)25-16(2,3)4/h10H,5-9H2,1-4H3,(H,17,18,20,22). The summed E-state index contributed by atoms with van der Waals surface area (Å²) in [7, 11) is 0. The van der Waals surface area contributed by atoms with E-state index in [9.17, 15) is 9.59 Å². The number of esters is 1. The Morgan fingerprint density at radius 2 is 1.92 bits per heavy atom. The third kappa shape index (κ3) is 5.63. The molecular formula is C16H24N4O5. The minimum absolute atomic E-state index is 0.0104. The summed E-state index contributed by atoms with van der Waals surface area (Å²) in [5.74, 6) is -0.598. The molecule has 0 bridgehead atoms. The first-order chi connectivity index (χ1) is 11.8. The molecule has 0 spiro atoms. The molecule has 1 aliphatic heterocycles. The van der Waals surface area contributed by atoms with E-state index in [0.717, 1.165) is 0 Å². The van der Waals surface area contributed by atoms with Crippen molar-refractivity contribution >= 4 is 18.0 Å². The molecule has 0 unspecified atom stereocenters. The van der Waals surface area contributed by atoms with Crippen LogP contribution in [0.3, 0.4) is 0 Å². The molecule has 0 aliphatic carbocycles. The van der Waals surface area contributed by atoms with Crippen LogP contribution in [0.4, 0.5) is 10.7 Å². The van der Waals surface area contributed by atoms with Crippen LogP contribution in [0.1, 0.15) is 62.6 Å². The second-order valence-electron chi connectivity index (χ2n) is 6.60. The van der Waals surface area contributed by atoms with Crippen molar-refractivity contribution in [1.29, 1.82) is 0 Å². The Balaban J connectivity index is 2.25. The fourth-order valence-corrected chi connectivity index (χ4v) is 2.39. The van der Waals surface area contributed by atoms with Gasteiger partial charge in [0.2, 0.25) is 0 Å². The number of hydrogen-bond acceptors (Lipinski definition) is 8. The largest absolute Gasteiger partial charge is 0.461 e. The Labute approximate surface area is 146 Å². The lowest BCUT2D eigenvalue weighted by Crippen LogP contribution is -2.28. The predicted molar refractivity (Wildman–Crippen MR) is 88.4 cm³/mol. The topological polar surface area (TPSA) is 113 Å². The number of ether oxygens (including phenoxy) is 3. The number of amides is 1. The molecule has 1 saturated heterocycles. The van der Waals surface area contributed by atoms with Gasteiger partial charge in [0, 0.05) is 19.1 Å². The van der Waals surface area contributed by atoms with E-state index in [4.69, 9.17) is 14.2 Å². The Bertz CT molecular complexity index is 623. The van der Waals surface area contributed by atoms with E-state index in [1.807, 2.05) is 0 Å². The van der Waals surface area contributed by atoms with Crippen molar-refractivity contribution in [3.63, 3.8) is 0 Å². The maximum Gasteiger partial charge on any atom is 0.414 e. The maximum absolute atomic E-state index is 12.1. The van der Waals surface area contributed by atoms with E-state index >= 15 is 0 Å². The highest BCUT2D eigenvalue weighted by Crippen LogP contribution is 2.28. The Morgan fingerprint density at radius 1 is 1.24 bits per heavy atom. The van der Waals surface area contributed by atoms with Gasteiger partial charge in [-0.2, -0.15) is 0 Å². The lowest BCUT2D eigenvalue weighted by Gasteiger charge is -2.23. The molecule has 2 heterocycles. The highest BCUT2D eigenvalue weighted by Gasteiger charge is 2.27. The minimum Gasteiger partial charge on any atom is -0.461 e. The molecule has 0 aromatic carbocycles. The van der Waals surface area contributed by atoms with Gasteiger partial charge in [-0.15, -0.1) is 10.2 Å². The van der Waals surface area contributed by atoms with E-state index in [2.05, 4.69) is 20.5 Å². The molecule has 25 heavy (non-hydrogen) atoms. The van der Waals surface area contributed by atoms with Gasteiger partial charge in [-0.1, -0.05) is 0 Å². The molecule has 1 aromatic heterocycles. The van der Waals surface area contributed by atoms with Crippen LogP contribution in [-0.4, -0.2) is 52.7 Å². The summed E-state index contributed by atoms with van der Waals surface area (Å²) in [6.45, 7) is 8.35. The zero-order chi connectivity index (χ0) is 18.4. The van der Waals surface area contributed by atoms with Gasteiger partial charge >= 0.3 is 12.1 Å². The Kier molecular flexibility index (Phi) is 6.24. The lowest BCUT2D eigenvalue weighted by molar-refractivity contribution is 0.0508. The van der Waals surface area contributed by atoms with Gasteiger partial charge in [0.05, 0.1) is 12.3 Å². The number of hydrogen-bond donors (Lipinski definition) is 1. The molecule has 0 atom stereocenters. The zero-order valence-corrected chi connectivity index (χ0v) is 15.0. The van der Waals surface area contributed by atoms with Gasteiger partial charge in [0.15, 0.2) is 5.69 Å². The second kappa shape index (κ2) is 8.19. The third-order valence-corrected chi connectivity index (χ3v) is 3.40. The molecule has 9 heteroatoms. The SMILES string of the molecule is CCOC(=O)c1nnc(NC(=O)OC(C)(C)C)nc1C1CCOCC1. The van der Waals surface area contributed by atoms with Gasteiger partial charge in [-0.05, 0) is 40.5 Å². The summed E-state index contributed by atoms with van der Waals surface area (Å²) in [5, 5.41) is 10.2. The Morgan fingerprint density at radius 3 is 2.52 bits per heavy atom. The average molecular weight is 352 g/mol.